The fourth-order valence-corrected chi connectivity index (χ4v) is 3.97. The highest BCUT2D eigenvalue weighted by Crippen LogP contribution is 2.33. The number of ether oxygens (including phenoxy) is 2. The lowest BCUT2D eigenvalue weighted by Crippen LogP contribution is -2.25. The smallest absolute Gasteiger partial charge is 0.387 e. The third-order valence-corrected chi connectivity index (χ3v) is 5.66. The summed E-state index contributed by atoms with van der Waals surface area (Å²) >= 11 is 0. The Morgan fingerprint density at radius 3 is 2.11 bits per heavy atom. The lowest BCUT2D eigenvalue weighted by molar-refractivity contribution is -0.140. The van der Waals surface area contributed by atoms with E-state index in [2.05, 4.69) is 11.7 Å². The molecule has 1 aliphatic carbocycles. The molecule has 1 aromatic rings. The van der Waals surface area contributed by atoms with Crippen LogP contribution in [-0.4, -0.2) is 12.6 Å². The predicted octanol–water partition coefficient (Wildman–Crippen LogP) is 7.14. The summed E-state index contributed by atoms with van der Waals surface area (Å²) in [6.45, 7) is -0.613. The number of benzene rings is 1. The van der Waals surface area contributed by atoms with Gasteiger partial charge in [0.1, 0.15) is 11.5 Å². The van der Waals surface area contributed by atoms with Crippen molar-refractivity contribution in [2.45, 2.75) is 90.6 Å². The van der Waals surface area contributed by atoms with E-state index in [9.17, 15) is 13.6 Å². The first kappa shape index (κ1) is 22.6. The van der Waals surface area contributed by atoms with E-state index in [1.807, 2.05) is 0 Å². The van der Waals surface area contributed by atoms with Crippen LogP contribution in [0.1, 0.15) is 84.0 Å². The minimum Gasteiger partial charge on any atom is -0.435 e. The Morgan fingerprint density at radius 1 is 0.929 bits per heavy atom. The molecule has 0 N–H and O–H groups in total. The summed E-state index contributed by atoms with van der Waals surface area (Å²) in [5.74, 6) is 0.905. The van der Waals surface area contributed by atoms with Gasteiger partial charge in [0.15, 0.2) is 0 Å². The zero-order chi connectivity index (χ0) is 20.2. The van der Waals surface area contributed by atoms with Crippen molar-refractivity contribution in [3.8, 4) is 11.5 Å². The Balaban J connectivity index is 1.61. The van der Waals surface area contributed by atoms with Gasteiger partial charge in [0.25, 0.3) is 0 Å². The van der Waals surface area contributed by atoms with E-state index in [0.717, 1.165) is 31.6 Å². The Bertz CT molecular complexity index is 551. The molecule has 0 amide bonds. The molecular weight excluding hydrogens is 362 g/mol. The van der Waals surface area contributed by atoms with Crippen molar-refractivity contribution in [2.75, 3.05) is 0 Å². The second-order valence-electron chi connectivity index (χ2n) is 7.90. The van der Waals surface area contributed by atoms with Gasteiger partial charge in [-0.3, -0.25) is 4.79 Å². The quantitative estimate of drug-likeness (QED) is 0.214. The number of carbonyl (C=O) groups is 1. The van der Waals surface area contributed by atoms with Gasteiger partial charge in [-0.2, -0.15) is 8.78 Å². The molecule has 28 heavy (non-hydrogen) atoms. The number of halogens is 2. The summed E-state index contributed by atoms with van der Waals surface area (Å²) in [6.07, 6.45) is 14.6. The van der Waals surface area contributed by atoms with Gasteiger partial charge in [0.2, 0.25) is 0 Å². The highest BCUT2D eigenvalue weighted by Gasteiger charge is 2.27. The first-order valence-corrected chi connectivity index (χ1v) is 10.8. The SMILES string of the molecule is CCCCCCCCCC1CCC(C(=O)Oc2ccc(OC(F)F)cc2)CC1. The fourth-order valence-electron chi connectivity index (χ4n) is 3.97. The Labute approximate surface area is 167 Å². The van der Waals surface area contributed by atoms with Gasteiger partial charge in [-0.1, -0.05) is 58.3 Å². The van der Waals surface area contributed by atoms with Gasteiger partial charge in [-0.05, 0) is 55.9 Å². The maximum atomic E-state index is 12.3. The van der Waals surface area contributed by atoms with Crippen molar-refractivity contribution < 1.29 is 23.0 Å². The highest BCUT2D eigenvalue weighted by atomic mass is 19.3. The minimum absolute atomic E-state index is 0.0534. The second-order valence-corrected chi connectivity index (χ2v) is 7.90. The van der Waals surface area contributed by atoms with Crippen LogP contribution >= 0.6 is 0 Å². The number of esters is 1. The van der Waals surface area contributed by atoms with E-state index in [1.165, 1.54) is 75.6 Å². The van der Waals surface area contributed by atoms with Crippen molar-refractivity contribution in [3.63, 3.8) is 0 Å². The normalized spacial score (nSPS) is 19.6. The first-order chi connectivity index (χ1) is 13.6. The molecule has 1 aliphatic rings. The Kier molecular flexibility index (Phi) is 10.3. The maximum absolute atomic E-state index is 12.3. The van der Waals surface area contributed by atoms with Crippen molar-refractivity contribution in [3.05, 3.63) is 24.3 Å². The third-order valence-electron chi connectivity index (χ3n) is 5.66. The van der Waals surface area contributed by atoms with Crippen LogP contribution in [-0.2, 0) is 4.79 Å². The monoisotopic (exact) mass is 396 g/mol. The third kappa shape index (κ3) is 8.57. The lowest BCUT2D eigenvalue weighted by atomic mass is 9.80. The van der Waals surface area contributed by atoms with Gasteiger partial charge < -0.3 is 9.47 Å². The molecule has 2 rings (SSSR count). The molecule has 0 atom stereocenters. The van der Waals surface area contributed by atoms with Crippen LogP contribution in [0.2, 0.25) is 0 Å². The number of carbonyl (C=O) groups excluding carboxylic acids is 1. The molecule has 0 unspecified atom stereocenters. The molecule has 0 saturated heterocycles. The molecule has 0 radical (unpaired) electrons. The Morgan fingerprint density at radius 2 is 1.50 bits per heavy atom. The molecule has 5 heteroatoms. The van der Waals surface area contributed by atoms with Crippen LogP contribution in [0.15, 0.2) is 24.3 Å². The average Bonchev–Trinajstić information content (AvgIpc) is 2.69. The number of alkyl halides is 2. The lowest BCUT2D eigenvalue weighted by Gasteiger charge is -2.27. The van der Waals surface area contributed by atoms with Crippen molar-refractivity contribution in [1.82, 2.24) is 0 Å². The summed E-state index contributed by atoms with van der Waals surface area (Å²) in [6, 6.07) is 5.74. The number of unbranched alkanes of at least 4 members (excludes halogenated alkanes) is 6. The Hall–Kier alpha value is -1.65. The highest BCUT2D eigenvalue weighted by molar-refractivity contribution is 5.75. The van der Waals surface area contributed by atoms with Crippen LogP contribution in [0.3, 0.4) is 0 Å². The fraction of sp³-hybridized carbons (Fsp3) is 0.696. The van der Waals surface area contributed by atoms with E-state index < -0.39 is 6.61 Å². The van der Waals surface area contributed by atoms with E-state index in [1.54, 1.807) is 0 Å². The minimum atomic E-state index is -2.86. The van der Waals surface area contributed by atoms with Crippen LogP contribution in [0, 0.1) is 11.8 Å². The molecule has 1 saturated carbocycles. The van der Waals surface area contributed by atoms with Crippen molar-refractivity contribution in [1.29, 1.82) is 0 Å². The topological polar surface area (TPSA) is 35.5 Å². The van der Waals surface area contributed by atoms with Gasteiger partial charge >= 0.3 is 12.6 Å². The van der Waals surface area contributed by atoms with Gasteiger partial charge in [-0.15, -0.1) is 0 Å². The average molecular weight is 397 g/mol. The second kappa shape index (κ2) is 12.7. The molecule has 0 aromatic heterocycles. The zero-order valence-corrected chi connectivity index (χ0v) is 17.0. The van der Waals surface area contributed by atoms with Crippen LogP contribution in [0.25, 0.3) is 0 Å². The molecule has 0 aliphatic heterocycles. The van der Waals surface area contributed by atoms with Crippen molar-refractivity contribution >= 4 is 5.97 Å². The van der Waals surface area contributed by atoms with Crippen molar-refractivity contribution in [2.24, 2.45) is 11.8 Å². The van der Waals surface area contributed by atoms with Crippen LogP contribution in [0.4, 0.5) is 8.78 Å². The predicted molar refractivity (Wildman–Crippen MR) is 107 cm³/mol. The molecule has 1 aromatic carbocycles. The molecule has 0 heterocycles. The molecule has 0 bridgehead atoms. The standard InChI is InChI=1S/C23H34F2O3/c1-2-3-4-5-6-7-8-9-18-10-12-19(13-11-18)22(26)27-20-14-16-21(17-15-20)28-23(24)25/h14-19,23H,2-13H2,1H3. The molecule has 158 valence electrons. The number of hydrogen-bond acceptors (Lipinski definition) is 3. The van der Waals surface area contributed by atoms with Gasteiger partial charge in [0.05, 0.1) is 5.92 Å². The van der Waals surface area contributed by atoms with Crippen LogP contribution < -0.4 is 9.47 Å². The van der Waals surface area contributed by atoms with E-state index in [0.29, 0.717) is 5.75 Å². The summed E-state index contributed by atoms with van der Waals surface area (Å²) in [4.78, 5) is 12.3. The van der Waals surface area contributed by atoms with Gasteiger partial charge in [-0.25, -0.2) is 0 Å². The summed E-state index contributed by atoms with van der Waals surface area (Å²) in [5.41, 5.74) is 0. The number of rotatable bonds is 12. The molecule has 0 spiro atoms. The zero-order valence-electron chi connectivity index (χ0n) is 17.0. The molecular formula is C23H34F2O3. The largest absolute Gasteiger partial charge is 0.435 e. The van der Waals surface area contributed by atoms with E-state index >= 15 is 0 Å². The summed E-state index contributed by atoms with van der Waals surface area (Å²) in [7, 11) is 0. The summed E-state index contributed by atoms with van der Waals surface area (Å²) < 4.78 is 34.0. The maximum Gasteiger partial charge on any atom is 0.387 e. The van der Waals surface area contributed by atoms with Gasteiger partial charge in [0, 0.05) is 0 Å². The summed E-state index contributed by atoms with van der Waals surface area (Å²) in [5, 5.41) is 0. The molecule has 1 fully saturated rings. The number of hydrogen-bond donors (Lipinski definition) is 0. The van der Waals surface area contributed by atoms with E-state index in [-0.39, 0.29) is 17.6 Å². The first-order valence-electron chi connectivity index (χ1n) is 10.8. The van der Waals surface area contributed by atoms with Crippen LogP contribution in [0.5, 0.6) is 11.5 Å². The molecule has 3 nitrogen and oxygen atoms in total. The van der Waals surface area contributed by atoms with E-state index in [4.69, 9.17) is 4.74 Å².